The average Bonchev–Trinajstić information content (AvgIpc) is 3.37. The van der Waals surface area contributed by atoms with Gasteiger partial charge in [0.2, 0.25) is 6.29 Å². The molecule has 4 rings (SSSR count). The van der Waals surface area contributed by atoms with Crippen molar-refractivity contribution < 1.29 is 32.5 Å². The Balaban J connectivity index is 1.52. The summed E-state index contributed by atoms with van der Waals surface area (Å²) in [6, 6.07) is 12.3. The predicted molar refractivity (Wildman–Crippen MR) is 115 cm³/mol. The molecule has 1 amide bonds. The van der Waals surface area contributed by atoms with Crippen molar-refractivity contribution >= 4 is 5.91 Å². The number of carbonyl (C=O) groups excluding carboxylic acids is 1. The highest BCUT2D eigenvalue weighted by Crippen LogP contribution is 2.35. The van der Waals surface area contributed by atoms with E-state index in [-0.39, 0.29) is 30.8 Å². The third-order valence-electron chi connectivity index (χ3n) is 5.97. The van der Waals surface area contributed by atoms with Crippen LogP contribution in [0.4, 0.5) is 13.2 Å². The minimum Gasteiger partial charge on any atom is -0.459 e. The van der Waals surface area contributed by atoms with Gasteiger partial charge in [-0.2, -0.15) is 13.2 Å². The second kappa shape index (κ2) is 9.97. The van der Waals surface area contributed by atoms with E-state index in [9.17, 15) is 23.1 Å². The number of amides is 1. The Morgan fingerprint density at radius 2 is 1.67 bits per heavy atom. The van der Waals surface area contributed by atoms with E-state index in [1.807, 2.05) is 12.1 Å². The lowest BCUT2D eigenvalue weighted by atomic mass is 9.92. The van der Waals surface area contributed by atoms with Gasteiger partial charge >= 0.3 is 6.18 Å². The number of alkyl halides is 3. The van der Waals surface area contributed by atoms with Crippen LogP contribution in [0.15, 0.2) is 60.4 Å². The van der Waals surface area contributed by atoms with Gasteiger partial charge in [-0.25, -0.2) is 0 Å². The van der Waals surface area contributed by atoms with Gasteiger partial charge in [-0.3, -0.25) is 4.79 Å². The fraction of sp³-hybridized carbons (Fsp3) is 0.400. The summed E-state index contributed by atoms with van der Waals surface area (Å²) in [6.07, 6.45) is -1.19. The molecule has 33 heavy (non-hydrogen) atoms. The molecule has 2 aromatic carbocycles. The quantitative estimate of drug-likeness (QED) is 0.675. The first-order chi connectivity index (χ1) is 15.8. The van der Waals surface area contributed by atoms with Crippen LogP contribution in [0, 0.1) is 0 Å². The lowest BCUT2D eigenvalue weighted by Crippen LogP contribution is -2.34. The average molecular weight is 461 g/mol. The van der Waals surface area contributed by atoms with Gasteiger partial charge in [0, 0.05) is 25.4 Å². The van der Waals surface area contributed by atoms with Crippen LogP contribution in [0.3, 0.4) is 0 Å². The first-order valence-corrected chi connectivity index (χ1v) is 11.0. The maximum atomic E-state index is 13.0. The molecule has 2 aliphatic heterocycles. The third-order valence-corrected chi connectivity index (χ3v) is 5.97. The minimum absolute atomic E-state index is 0.0472. The normalized spacial score (nSPS) is 21.0. The number of hydrogen-bond donors (Lipinski definition) is 1. The summed E-state index contributed by atoms with van der Waals surface area (Å²) in [6.45, 7) is 1.51. The van der Waals surface area contributed by atoms with Crippen molar-refractivity contribution in [3.05, 3.63) is 82.6 Å². The number of hydrogen-bond acceptors (Lipinski definition) is 4. The summed E-state index contributed by atoms with van der Waals surface area (Å²) in [5.74, 6) is -0.358. The largest absolute Gasteiger partial charge is 0.459 e. The number of rotatable bonds is 6. The molecule has 2 atom stereocenters. The zero-order valence-corrected chi connectivity index (χ0v) is 18.1. The maximum Gasteiger partial charge on any atom is 0.416 e. The fourth-order valence-electron chi connectivity index (χ4n) is 4.07. The van der Waals surface area contributed by atoms with E-state index in [4.69, 9.17) is 9.47 Å². The Kier molecular flexibility index (Phi) is 7.05. The van der Waals surface area contributed by atoms with Gasteiger partial charge < -0.3 is 19.5 Å². The monoisotopic (exact) mass is 461 g/mol. The Labute approximate surface area is 190 Å². The summed E-state index contributed by atoms with van der Waals surface area (Å²) in [7, 11) is 0. The predicted octanol–water partition coefficient (Wildman–Crippen LogP) is 4.75. The van der Waals surface area contributed by atoms with Gasteiger partial charge in [0.1, 0.15) is 0 Å². The molecule has 2 heterocycles. The van der Waals surface area contributed by atoms with Gasteiger partial charge in [-0.05, 0) is 47.7 Å². The summed E-state index contributed by atoms with van der Waals surface area (Å²) in [5.41, 5.74) is 1.62. The molecule has 0 unspecified atom stereocenters. The van der Waals surface area contributed by atoms with Crippen LogP contribution < -0.4 is 0 Å². The standard InChI is InChI=1S/C25H26F3NO4/c26-25(27,28)21-9-7-19(8-10-21)20-13-22(24(31)29-11-1-2-12-29)33-23(14-20)32-16-18-5-3-17(15-30)4-6-18/h3-10,13,20,23,30H,1-2,11-12,14-16H2/t20-,23+/m0/s1. The zero-order valence-electron chi connectivity index (χ0n) is 18.1. The van der Waals surface area contributed by atoms with E-state index in [2.05, 4.69) is 0 Å². The molecule has 0 aromatic heterocycles. The molecule has 1 saturated heterocycles. The number of nitrogens with zero attached hydrogens (tertiary/aromatic N) is 1. The number of benzene rings is 2. The molecule has 0 bridgehead atoms. The molecule has 0 aliphatic carbocycles. The molecule has 0 spiro atoms. The Hall–Kier alpha value is -2.84. The molecule has 1 N–H and O–H groups in total. The summed E-state index contributed by atoms with van der Waals surface area (Å²) >= 11 is 0. The molecule has 176 valence electrons. The van der Waals surface area contributed by atoms with Crippen LogP contribution in [-0.2, 0) is 33.7 Å². The summed E-state index contributed by atoms with van der Waals surface area (Å²) < 4.78 is 50.7. The van der Waals surface area contributed by atoms with Gasteiger partial charge in [-0.1, -0.05) is 36.4 Å². The zero-order chi connectivity index (χ0) is 23.4. The highest BCUT2D eigenvalue weighted by atomic mass is 19.4. The smallest absolute Gasteiger partial charge is 0.416 e. The Morgan fingerprint density at radius 3 is 2.27 bits per heavy atom. The van der Waals surface area contributed by atoms with Crippen molar-refractivity contribution in [2.75, 3.05) is 13.1 Å². The van der Waals surface area contributed by atoms with Crippen molar-refractivity contribution in [3.8, 4) is 0 Å². The molecular formula is C25H26F3NO4. The van der Waals surface area contributed by atoms with Gasteiger partial charge in [0.15, 0.2) is 5.76 Å². The van der Waals surface area contributed by atoms with Crippen molar-refractivity contribution in [3.63, 3.8) is 0 Å². The summed E-state index contributed by atoms with van der Waals surface area (Å²) in [4.78, 5) is 14.7. The van der Waals surface area contributed by atoms with Crippen LogP contribution >= 0.6 is 0 Å². The highest BCUT2D eigenvalue weighted by Gasteiger charge is 2.33. The lowest BCUT2D eigenvalue weighted by Gasteiger charge is -2.31. The van der Waals surface area contributed by atoms with Crippen LogP contribution in [0.5, 0.6) is 0 Å². The first kappa shape index (κ1) is 23.3. The lowest BCUT2D eigenvalue weighted by molar-refractivity contribution is -0.155. The van der Waals surface area contributed by atoms with Crippen LogP contribution in [0.1, 0.15) is 47.4 Å². The number of aliphatic hydroxyl groups excluding tert-OH is 1. The van der Waals surface area contributed by atoms with E-state index in [1.54, 1.807) is 23.1 Å². The number of allylic oxidation sites excluding steroid dienone is 1. The highest BCUT2D eigenvalue weighted by molar-refractivity contribution is 5.92. The molecule has 0 radical (unpaired) electrons. The van der Waals surface area contributed by atoms with E-state index in [0.29, 0.717) is 25.1 Å². The van der Waals surface area contributed by atoms with Gasteiger partial charge in [0.05, 0.1) is 18.8 Å². The van der Waals surface area contributed by atoms with Crippen LogP contribution in [0.2, 0.25) is 0 Å². The molecule has 1 fully saturated rings. The SMILES string of the molecule is O=C(C1=C[C@H](c2ccc(C(F)(F)F)cc2)C[C@H](OCc2ccc(CO)cc2)O1)N1CCCC1. The Morgan fingerprint density at radius 1 is 1.03 bits per heavy atom. The van der Waals surface area contributed by atoms with Gasteiger partial charge in [0.25, 0.3) is 5.91 Å². The second-order valence-electron chi connectivity index (χ2n) is 8.33. The Bertz CT molecular complexity index is 980. The third kappa shape index (κ3) is 5.75. The molecule has 0 saturated carbocycles. The van der Waals surface area contributed by atoms with Gasteiger partial charge in [-0.15, -0.1) is 0 Å². The molecule has 2 aromatic rings. The van der Waals surface area contributed by atoms with Crippen LogP contribution in [0.25, 0.3) is 0 Å². The van der Waals surface area contributed by atoms with Crippen molar-refractivity contribution in [2.45, 2.75) is 50.9 Å². The molecule has 2 aliphatic rings. The van der Waals surface area contributed by atoms with Crippen molar-refractivity contribution in [1.29, 1.82) is 0 Å². The molecule has 8 heteroatoms. The van der Waals surface area contributed by atoms with E-state index >= 15 is 0 Å². The number of carbonyl (C=O) groups is 1. The summed E-state index contributed by atoms with van der Waals surface area (Å²) in [5, 5.41) is 9.18. The maximum absolute atomic E-state index is 13.0. The number of ether oxygens (including phenoxy) is 2. The molecule has 5 nitrogen and oxygen atoms in total. The van der Waals surface area contributed by atoms with Crippen LogP contribution in [-0.4, -0.2) is 35.3 Å². The fourth-order valence-corrected chi connectivity index (χ4v) is 4.07. The molecular weight excluding hydrogens is 435 g/mol. The first-order valence-electron chi connectivity index (χ1n) is 11.0. The number of likely N-dealkylation sites (tertiary alicyclic amines) is 1. The van der Waals surface area contributed by atoms with E-state index in [0.717, 1.165) is 36.1 Å². The van der Waals surface area contributed by atoms with E-state index < -0.39 is 18.0 Å². The second-order valence-corrected chi connectivity index (χ2v) is 8.33. The number of halogens is 3. The minimum atomic E-state index is -4.40. The van der Waals surface area contributed by atoms with Crippen molar-refractivity contribution in [1.82, 2.24) is 4.90 Å². The topological polar surface area (TPSA) is 59.0 Å². The number of aliphatic hydroxyl groups is 1. The van der Waals surface area contributed by atoms with Crippen molar-refractivity contribution in [2.24, 2.45) is 0 Å². The van der Waals surface area contributed by atoms with E-state index in [1.165, 1.54) is 12.1 Å².